The lowest BCUT2D eigenvalue weighted by atomic mass is 10.1. The standard InChI is InChI=1S/C23H23Cl2N5OS/c1-5-14(6-2)22-28-30-20(26)19(21(31)27-23(30)32-22)8-15-7-12(3)29(13(15)4)18-10-16(24)9-17(25)11-18/h7-11,14,26H,5-6H2,1-4H3. The lowest BCUT2D eigenvalue weighted by Crippen LogP contribution is -2.35. The van der Waals surface area contributed by atoms with Crippen molar-refractivity contribution in [3.05, 3.63) is 56.8 Å². The molecule has 3 heterocycles. The van der Waals surface area contributed by atoms with Gasteiger partial charge in [-0.25, -0.2) is 0 Å². The van der Waals surface area contributed by atoms with Crippen LogP contribution >= 0.6 is 35.0 Å². The van der Waals surface area contributed by atoms with E-state index < -0.39 is 5.91 Å². The maximum atomic E-state index is 12.8. The number of rotatable bonds is 5. The number of fused-ring (bicyclic) bond motifs is 1. The fraction of sp³-hybridized carbons (Fsp3) is 0.304. The summed E-state index contributed by atoms with van der Waals surface area (Å²) in [6.07, 6.45) is 3.62. The third-order valence-electron chi connectivity index (χ3n) is 5.68. The minimum atomic E-state index is -0.426. The van der Waals surface area contributed by atoms with Crippen molar-refractivity contribution in [2.24, 2.45) is 16.0 Å². The highest BCUT2D eigenvalue weighted by Crippen LogP contribution is 2.34. The Balaban J connectivity index is 1.73. The van der Waals surface area contributed by atoms with Gasteiger partial charge in [-0.15, -0.1) is 0 Å². The molecule has 6 nitrogen and oxygen atoms in total. The molecule has 2 aromatic rings. The van der Waals surface area contributed by atoms with E-state index in [9.17, 15) is 4.79 Å². The Morgan fingerprint density at radius 3 is 2.41 bits per heavy atom. The monoisotopic (exact) mass is 487 g/mol. The van der Waals surface area contributed by atoms with Gasteiger partial charge in [-0.2, -0.15) is 15.1 Å². The van der Waals surface area contributed by atoms with Gasteiger partial charge in [0.05, 0.1) is 5.57 Å². The molecule has 0 unspecified atom stereocenters. The maximum Gasteiger partial charge on any atom is 0.283 e. The first kappa shape index (κ1) is 22.8. The Labute approximate surface area is 201 Å². The summed E-state index contributed by atoms with van der Waals surface area (Å²) in [5.41, 5.74) is 3.73. The molecule has 1 amide bonds. The molecule has 1 N–H and O–H groups in total. The largest absolute Gasteiger partial charge is 0.318 e. The van der Waals surface area contributed by atoms with Crippen LogP contribution in [0.2, 0.25) is 10.0 Å². The lowest BCUT2D eigenvalue weighted by molar-refractivity contribution is -0.114. The fourth-order valence-electron chi connectivity index (χ4n) is 3.96. The summed E-state index contributed by atoms with van der Waals surface area (Å²) in [6.45, 7) is 8.15. The van der Waals surface area contributed by atoms with E-state index >= 15 is 0 Å². The summed E-state index contributed by atoms with van der Waals surface area (Å²) in [5, 5.41) is 17.2. The molecule has 0 saturated heterocycles. The van der Waals surface area contributed by atoms with Crippen molar-refractivity contribution in [3.63, 3.8) is 0 Å². The molecule has 0 spiro atoms. The summed E-state index contributed by atoms with van der Waals surface area (Å²) in [4.78, 5) is 17.0. The van der Waals surface area contributed by atoms with Crippen molar-refractivity contribution < 1.29 is 4.79 Å². The first-order chi connectivity index (χ1) is 15.2. The van der Waals surface area contributed by atoms with Crippen molar-refractivity contribution in [1.29, 1.82) is 5.41 Å². The average Bonchev–Trinajstić information content (AvgIpc) is 3.26. The number of benzene rings is 1. The molecule has 2 aliphatic heterocycles. The highest BCUT2D eigenvalue weighted by atomic mass is 35.5. The molecule has 0 fully saturated rings. The number of aromatic nitrogens is 1. The number of hydrazone groups is 1. The molecular weight excluding hydrogens is 465 g/mol. The Kier molecular flexibility index (Phi) is 6.34. The summed E-state index contributed by atoms with van der Waals surface area (Å²) in [6, 6.07) is 7.33. The number of nitrogens with one attached hydrogen (secondary N) is 1. The average molecular weight is 488 g/mol. The number of carbonyl (C=O) groups excluding carboxylic acids is 1. The third-order valence-corrected chi connectivity index (χ3v) is 7.19. The molecule has 0 atom stereocenters. The van der Waals surface area contributed by atoms with Crippen LogP contribution in [0.15, 0.2) is 39.9 Å². The summed E-state index contributed by atoms with van der Waals surface area (Å²) in [7, 11) is 0. The molecule has 2 aliphatic rings. The van der Waals surface area contributed by atoms with Crippen molar-refractivity contribution in [2.75, 3.05) is 0 Å². The fourth-order valence-corrected chi connectivity index (χ4v) is 5.64. The van der Waals surface area contributed by atoms with Crippen LogP contribution in [0.4, 0.5) is 0 Å². The number of aliphatic imine (C=N–C) groups is 1. The van der Waals surface area contributed by atoms with Gasteiger partial charge >= 0.3 is 0 Å². The molecule has 0 aliphatic carbocycles. The number of hydrogen-bond acceptors (Lipinski definition) is 4. The number of hydrogen-bond donors (Lipinski definition) is 1. The Morgan fingerprint density at radius 2 is 1.78 bits per heavy atom. The van der Waals surface area contributed by atoms with Crippen LogP contribution in [0, 0.1) is 25.2 Å². The number of nitrogens with zero attached hydrogens (tertiary/aromatic N) is 4. The van der Waals surface area contributed by atoms with Gasteiger partial charge in [-0.3, -0.25) is 10.2 Å². The molecule has 0 bridgehead atoms. The molecule has 0 saturated carbocycles. The van der Waals surface area contributed by atoms with Crippen LogP contribution < -0.4 is 0 Å². The van der Waals surface area contributed by atoms with E-state index in [0.29, 0.717) is 21.1 Å². The minimum Gasteiger partial charge on any atom is -0.318 e. The molecule has 32 heavy (non-hydrogen) atoms. The molecule has 0 radical (unpaired) electrons. The van der Waals surface area contributed by atoms with E-state index in [1.165, 1.54) is 16.8 Å². The predicted molar refractivity (Wildman–Crippen MR) is 134 cm³/mol. The Hall–Kier alpha value is -2.35. The Bertz CT molecular complexity index is 1200. The quantitative estimate of drug-likeness (QED) is 0.491. The number of carbonyl (C=O) groups is 1. The Morgan fingerprint density at radius 1 is 1.12 bits per heavy atom. The van der Waals surface area contributed by atoms with Crippen LogP contribution in [-0.2, 0) is 4.79 Å². The number of amidine groups is 2. The zero-order valence-electron chi connectivity index (χ0n) is 18.2. The molecule has 9 heteroatoms. The van der Waals surface area contributed by atoms with Gasteiger partial charge in [0.15, 0.2) is 5.84 Å². The molecule has 1 aromatic heterocycles. The first-order valence-corrected chi connectivity index (χ1v) is 12.0. The van der Waals surface area contributed by atoms with Crippen molar-refractivity contribution >= 4 is 63.0 Å². The SMILES string of the molecule is CCC(CC)C1=NN2C(=N)C(=Cc3cc(C)n(-c4cc(Cl)cc(Cl)c4)c3C)C(=O)N=C2S1. The normalized spacial score (nSPS) is 17.3. The van der Waals surface area contributed by atoms with Gasteiger partial charge in [0, 0.05) is 33.0 Å². The van der Waals surface area contributed by atoms with Gasteiger partial charge in [0.1, 0.15) is 5.04 Å². The van der Waals surface area contributed by atoms with Crippen LogP contribution in [0.1, 0.15) is 43.6 Å². The topological polar surface area (TPSA) is 73.8 Å². The molecule has 1 aromatic carbocycles. The van der Waals surface area contributed by atoms with Crippen LogP contribution in [0.3, 0.4) is 0 Å². The van der Waals surface area contributed by atoms with Gasteiger partial charge in [0.2, 0.25) is 5.17 Å². The second-order valence-electron chi connectivity index (χ2n) is 7.76. The molecule has 166 valence electrons. The third kappa shape index (κ3) is 4.05. The smallest absolute Gasteiger partial charge is 0.283 e. The predicted octanol–water partition coefficient (Wildman–Crippen LogP) is 6.46. The maximum absolute atomic E-state index is 12.8. The van der Waals surface area contributed by atoms with Gasteiger partial charge in [-0.1, -0.05) is 37.0 Å². The summed E-state index contributed by atoms with van der Waals surface area (Å²) >= 11 is 13.8. The zero-order valence-corrected chi connectivity index (χ0v) is 20.6. The molecule has 4 rings (SSSR count). The van der Waals surface area contributed by atoms with Crippen LogP contribution in [0.25, 0.3) is 11.8 Å². The lowest BCUT2D eigenvalue weighted by Gasteiger charge is -2.20. The van der Waals surface area contributed by atoms with Crippen LogP contribution in [0.5, 0.6) is 0 Å². The second-order valence-corrected chi connectivity index (χ2v) is 9.62. The zero-order chi connectivity index (χ0) is 23.2. The second kappa shape index (κ2) is 8.89. The highest BCUT2D eigenvalue weighted by molar-refractivity contribution is 8.27. The van der Waals surface area contributed by atoms with E-state index in [0.717, 1.165) is 40.5 Å². The number of thioether (sulfide) groups is 1. The van der Waals surface area contributed by atoms with Crippen molar-refractivity contribution in [1.82, 2.24) is 9.58 Å². The number of amides is 1. The van der Waals surface area contributed by atoms with E-state index in [2.05, 4.69) is 23.9 Å². The van der Waals surface area contributed by atoms with Crippen molar-refractivity contribution in [3.8, 4) is 5.69 Å². The number of halogens is 2. The number of aryl methyl sites for hydroxylation is 1. The first-order valence-electron chi connectivity index (χ1n) is 10.4. The van der Waals surface area contributed by atoms with Crippen molar-refractivity contribution in [2.45, 2.75) is 40.5 Å². The van der Waals surface area contributed by atoms with Crippen LogP contribution in [-0.4, -0.2) is 31.5 Å². The van der Waals surface area contributed by atoms with Gasteiger partial charge < -0.3 is 4.57 Å². The highest BCUT2D eigenvalue weighted by Gasteiger charge is 2.37. The minimum absolute atomic E-state index is 0.0454. The molecular formula is C23H23Cl2N5OS. The van der Waals surface area contributed by atoms with E-state index in [-0.39, 0.29) is 11.4 Å². The summed E-state index contributed by atoms with van der Waals surface area (Å²) < 4.78 is 2.02. The van der Waals surface area contributed by atoms with E-state index in [4.69, 9.17) is 28.6 Å². The summed E-state index contributed by atoms with van der Waals surface area (Å²) in [5.74, 6) is -0.0820. The van der Waals surface area contributed by atoms with Gasteiger partial charge in [-0.05, 0) is 74.4 Å². The van der Waals surface area contributed by atoms with E-state index in [1.54, 1.807) is 12.1 Å². The van der Waals surface area contributed by atoms with E-state index in [1.807, 2.05) is 36.6 Å². The van der Waals surface area contributed by atoms with Gasteiger partial charge in [0.25, 0.3) is 5.91 Å².